The molecule has 112 valence electrons. The Bertz CT molecular complexity index is 629. The second-order valence-electron chi connectivity index (χ2n) is 5.43. The first kappa shape index (κ1) is 14.1. The van der Waals surface area contributed by atoms with E-state index in [9.17, 15) is 9.90 Å². The molecule has 2 heterocycles. The summed E-state index contributed by atoms with van der Waals surface area (Å²) in [7, 11) is 0. The van der Waals surface area contributed by atoms with E-state index in [0.717, 1.165) is 13.1 Å². The lowest BCUT2D eigenvalue weighted by Crippen LogP contribution is -2.29. The standard InChI is InChI=1S/C16H20N2O3/c19-16(20)15-12-5-1-2-6-13(12)21-14(15)11-17-7-10-18-8-3-4-9-18/h1-2,5-6,17H,3-4,7-11H2,(H,19,20). The van der Waals surface area contributed by atoms with Crippen molar-refractivity contribution < 1.29 is 14.3 Å². The first-order valence-corrected chi connectivity index (χ1v) is 7.42. The largest absolute Gasteiger partial charge is 0.478 e. The molecular formula is C16H20N2O3. The zero-order chi connectivity index (χ0) is 14.7. The van der Waals surface area contributed by atoms with Crippen LogP contribution in [-0.4, -0.2) is 42.2 Å². The number of likely N-dealkylation sites (tertiary alicyclic amines) is 1. The van der Waals surface area contributed by atoms with Gasteiger partial charge in [-0.1, -0.05) is 18.2 Å². The molecule has 0 spiro atoms. The van der Waals surface area contributed by atoms with E-state index in [1.807, 2.05) is 12.1 Å². The first-order valence-electron chi connectivity index (χ1n) is 7.42. The van der Waals surface area contributed by atoms with Crippen molar-refractivity contribution in [1.29, 1.82) is 0 Å². The van der Waals surface area contributed by atoms with Crippen LogP contribution >= 0.6 is 0 Å². The third-order valence-corrected chi connectivity index (χ3v) is 3.97. The first-order chi connectivity index (χ1) is 10.3. The van der Waals surface area contributed by atoms with Gasteiger partial charge in [-0.05, 0) is 32.0 Å². The Kier molecular flexibility index (Phi) is 4.22. The number of furan rings is 1. The van der Waals surface area contributed by atoms with Crippen LogP contribution in [0.3, 0.4) is 0 Å². The second kappa shape index (κ2) is 6.28. The Balaban J connectivity index is 1.65. The van der Waals surface area contributed by atoms with Crippen molar-refractivity contribution in [1.82, 2.24) is 10.2 Å². The fraction of sp³-hybridized carbons (Fsp3) is 0.438. The molecule has 5 nitrogen and oxygen atoms in total. The van der Waals surface area contributed by atoms with E-state index >= 15 is 0 Å². The summed E-state index contributed by atoms with van der Waals surface area (Å²) in [5.41, 5.74) is 0.908. The molecule has 2 N–H and O–H groups in total. The molecule has 1 saturated heterocycles. The van der Waals surface area contributed by atoms with Crippen molar-refractivity contribution in [2.75, 3.05) is 26.2 Å². The highest BCUT2D eigenvalue weighted by molar-refractivity contribution is 6.03. The van der Waals surface area contributed by atoms with Crippen molar-refractivity contribution in [2.45, 2.75) is 19.4 Å². The fourth-order valence-corrected chi connectivity index (χ4v) is 2.90. The Labute approximate surface area is 123 Å². The number of nitrogens with zero attached hydrogens (tertiary/aromatic N) is 1. The van der Waals surface area contributed by atoms with Gasteiger partial charge in [0.15, 0.2) is 0 Å². The van der Waals surface area contributed by atoms with Crippen LogP contribution in [0.1, 0.15) is 29.0 Å². The van der Waals surface area contributed by atoms with Crippen LogP contribution < -0.4 is 5.32 Å². The minimum Gasteiger partial charge on any atom is -0.478 e. The number of benzene rings is 1. The predicted molar refractivity (Wildman–Crippen MR) is 80.6 cm³/mol. The van der Waals surface area contributed by atoms with Gasteiger partial charge < -0.3 is 19.7 Å². The van der Waals surface area contributed by atoms with Gasteiger partial charge in [0.2, 0.25) is 0 Å². The number of carboxylic acids is 1. The highest BCUT2D eigenvalue weighted by atomic mass is 16.4. The summed E-state index contributed by atoms with van der Waals surface area (Å²) >= 11 is 0. The molecule has 0 radical (unpaired) electrons. The number of carboxylic acid groups (broad SMARTS) is 1. The van der Waals surface area contributed by atoms with Crippen LogP contribution in [0.15, 0.2) is 28.7 Å². The molecule has 1 aromatic heterocycles. The number of para-hydroxylation sites is 1. The fourth-order valence-electron chi connectivity index (χ4n) is 2.90. The lowest BCUT2D eigenvalue weighted by atomic mass is 10.1. The van der Waals surface area contributed by atoms with Crippen LogP contribution in [0.2, 0.25) is 0 Å². The zero-order valence-electron chi connectivity index (χ0n) is 12.0. The van der Waals surface area contributed by atoms with Gasteiger partial charge in [0.05, 0.1) is 6.54 Å². The van der Waals surface area contributed by atoms with Crippen molar-refractivity contribution in [3.63, 3.8) is 0 Å². The Hall–Kier alpha value is -1.85. The van der Waals surface area contributed by atoms with E-state index in [1.165, 1.54) is 25.9 Å². The number of rotatable bonds is 6. The van der Waals surface area contributed by atoms with Gasteiger partial charge >= 0.3 is 5.97 Å². The highest BCUT2D eigenvalue weighted by Gasteiger charge is 2.19. The smallest absolute Gasteiger partial charge is 0.339 e. The van der Waals surface area contributed by atoms with E-state index in [2.05, 4.69) is 10.2 Å². The molecule has 0 atom stereocenters. The SMILES string of the molecule is O=C(O)c1c(CNCCN2CCCC2)oc2ccccc12. The van der Waals surface area contributed by atoms with Gasteiger partial charge in [-0.3, -0.25) is 0 Å². The van der Waals surface area contributed by atoms with E-state index in [0.29, 0.717) is 23.3 Å². The lowest BCUT2D eigenvalue weighted by molar-refractivity contribution is 0.0696. The molecule has 0 aliphatic carbocycles. The molecule has 1 aliphatic heterocycles. The Morgan fingerprint density at radius 1 is 1.29 bits per heavy atom. The van der Waals surface area contributed by atoms with Crippen LogP contribution in [0.5, 0.6) is 0 Å². The highest BCUT2D eigenvalue weighted by Crippen LogP contribution is 2.25. The Morgan fingerprint density at radius 2 is 2.05 bits per heavy atom. The van der Waals surface area contributed by atoms with E-state index in [-0.39, 0.29) is 5.56 Å². The van der Waals surface area contributed by atoms with E-state index < -0.39 is 5.97 Å². The molecule has 0 saturated carbocycles. The topological polar surface area (TPSA) is 65.7 Å². The van der Waals surface area contributed by atoms with Gasteiger partial charge in [0, 0.05) is 18.5 Å². The molecule has 5 heteroatoms. The van der Waals surface area contributed by atoms with E-state index in [4.69, 9.17) is 4.42 Å². The van der Waals surface area contributed by atoms with Crippen molar-refractivity contribution in [3.05, 3.63) is 35.6 Å². The number of nitrogens with one attached hydrogen (secondary N) is 1. The molecule has 1 aliphatic rings. The molecule has 0 amide bonds. The average Bonchev–Trinajstić information content (AvgIpc) is 3.10. The zero-order valence-corrected chi connectivity index (χ0v) is 12.0. The van der Waals surface area contributed by atoms with Crippen LogP contribution in [0.25, 0.3) is 11.0 Å². The third kappa shape index (κ3) is 3.09. The maximum Gasteiger partial charge on any atom is 0.339 e. The molecule has 21 heavy (non-hydrogen) atoms. The maximum absolute atomic E-state index is 11.4. The van der Waals surface area contributed by atoms with Crippen LogP contribution in [0, 0.1) is 0 Å². The number of hydrogen-bond donors (Lipinski definition) is 2. The number of carbonyl (C=O) groups is 1. The Morgan fingerprint density at radius 3 is 2.81 bits per heavy atom. The number of aromatic carboxylic acids is 1. The molecule has 2 aromatic rings. The summed E-state index contributed by atoms with van der Waals surface area (Å²) in [6.45, 7) is 4.64. The predicted octanol–water partition coefficient (Wildman–Crippen LogP) is 2.32. The number of hydrogen-bond acceptors (Lipinski definition) is 4. The third-order valence-electron chi connectivity index (χ3n) is 3.97. The van der Waals surface area contributed by atoms with Crippen molar-refractivity contribution in [2.24, 2.45) is 0 Å². The molecule has 0 bridgehead atoms. The minimum atomic E-state index is -0.934. The molecule has 3 rings (SSSR count). The van der Waals surface area contributed by atoms with Crippen LogP contribution in [0.4, 0.5) is 0 Å². The summed E-state index contributed by atoms with van der Waals surface area (Å²) in [6.07, 6.45) is 2.57. The summed E-state index contributed by atoms with van der Waals surface area (Å²) < 4.78 is 5.68. The molecular weight excluding hydrogens is 268 g/mol. The van der Waals surface area contributed by atoms with E-state index in [1.54, 1.807) is 12.1 Å². The molecule has 1 aromatic carbocycles. The minimum absolute atomic E-state index is 0.277. The summed E-state index contributed by atoms with van der Waals surface area (Å²) in [5, 5.41) is 13.3. The monoisotopic (exact) mass is 288 g/mol. The maximum atomic E-state index is 11.4. The average molecular weight is 288 g/mol. The normalized spacial score (nSPS) is 15.8. The van der Waals surface area contributed by atoms with Crippen molar-refractivity contribution in [3.8, 4) is 0 Å². The lowest BCUT2D eigenvalue weighted by Gasteiger charge is -2.14. The summed E-state index contributed by atoms with van der Waals surface area (Å²) in [6, 6.07) is 7.27. The van der Waals surface area contributed by atoms with Gasteiger partial charge in [-0.15, -0.1) is 0 Å². The quantitative estimate of drug-likeness (QED) is 0.799. The molecule has 1 fully saturated rings. The summed E-state index contributed by atoms with van der Waals surface area (Å²) in [4.78, 5) is 13.9. The van der Waals surface area contributed by atoms with Crippen LogP contribution in [-0.2, 0) is 6.54 Å². The van der Waals surface area contributed by atoms with Gasteiger partial charge in [0.1, 0.15) is 16.9 Å². The number of fused-ring (bicyclic) bond motifs is 1. The second-order valence-corrected chi connectivity index (χ2v) is 5.43. The molecule has 0 unspecified atom stereocenters. The summed E-state index contributed by atoms with van der Waals surface area (Å²) in [5.74, 6) is -0.429. The van der Waals surface area contributed by atoms with Gasteiger partial charge in [-0.25, -0.2) is 4.79 Å². The van der Waals surface area contributed by atoms with Gasteiger partial charge in [-0.2, -0.15) is 0 Å². The van der Waals surface area contributed by atoms with Gasteiger partial charge in [0.25, 0.3) is 0 Å². The van der Waals surface area contributed by atoms with Crippen molar-refractivity contribution >= 4 is 16.9 Å².